The van der Waals surface area contributed by atoms with E-state index in [1.165, 1.54) is 31.2 Å². The number of primary amides is 3. The molecule has 0 aliphatic heterocycles. The van der Waals surface area contributed by atoms with Crippen LogP contribution in [0.3, 0.4) is 0 Å². The maximum Gasteiger partial charge on any atom is 0.243 e. The molecule has 21 N–H and O–H groups in total. The molecule has 0 radical (unpaired) electrons. The lowest BCUT2D eigenvalue weighted by Crippen LogP contribution is -2.60. The highest BCUT2D eigenvalue weighted by molar-refractivity contribution is 7.98. The summed E-state index contributed by atoms with van der Waals surface area (Å²) < 4.78 is 0. The van der Waals surface area contributed by atoms with Crippen molar-refractivity contribution in [2.45, 2.75) is 153 Å². The molecule has 0 aliphatic rings. The Hall–Kier alpha value is -8.12. The van der Waals surface area contributed by atoms with Crippen LogP contribution in [0.15, 0.2) is 43.0 Å². The average molecular weight is 1180 g/mol. The maximum absolute atomic E-state index is 14.3. The number of para-hydroxylation sites is 1. The molecule has 1 aromatic carbocycles. The second kappa shape index (κ2) is 35.0. The van der Waals surface area contributed by atoms with E-state index in [0.29, 0.717) is 47.3 Å². The summed E-state index contributed by atoms with van der Waals surface area (Å²) in [7, 11) is 0. The Morgan fingerprint density at radius 3 is 1.83 bits per heavy atom. The van der Waals surface area contributed by atoms with E-state index in [9.17, 15) is 57.5 Å². The van der Waals surface area contributed by atoms with Crippen LogP contribution in [0.5, 0.6) is 0 Å². The van der Waals surface area contributed by atoms with E-state index < -0.39 is 157 Å². The molecule has 2 aromatic heterocycles. The first kappa shape index (κ1) is 69.2. The van der Waals surface area contributed by atoms with Gasteiger partial charge in [-0.15, -0.1) is 0 Å². The van der Waals surface area contributed by atoms with Crippen molar-refractivity contribution in [2.75, 3.05) is 25.1 Å². The van der Waals surface area contributed by atoms with E-state index in [-0.39, 0.29) is 38.0 Å². The Morgan fingerprint density at radius 1 is 0.614 bits per heavy atom. The number of hydrogen-bond donors (Lipinski definition) is 16. The average Bonchev–Trinajstić information content (AvgIpc) is 4.20. The summed E-state index contributed by atoms with van der Waals surface area (Å²) in [5.74, 6) is -10.4. The number of thioether (sulfide) groups is 1. The Bertz CT molecular complexity index is 2700. The lowest BCUT2D eigenvalue weighted by Gasteiger charge is -2.27. The maximum atomic E-state index is 14.3. The number of unbranched alkanes of at least 4 members (excludes halogenated alkanes) is 1. The smallest absolute Gasteiger partial charge is 0.243 e. The second-order valence-electron chi connectivity index (χ2n) is 20.8. The zero-order valence-electron chi connectivity index (χ0n) is 47.7. The summed E-state index contributed by atoms with van der Waals surface area (Å²) in [5, 5.41) is 23.6. The van der Waals surface area contributed by atoms with Gasteiger partial charge in [0.25, 0.3) is 0 Å². The van der Waals surface area contributed by atoms with Crippen molar-refractivity contribution >= 4 is 93.6 Å². The topological polar surface area (TPSA) is 488 Å². The van der Waals surface area contributed by atoms with Crippen molar-refractivity contribution in [1.82, 2.24) is 62.8 Å². The minimum atomic E-state index is -1.61. The monoisotopic (exact) mass is 1180 g/mol. The molecule has 0 fully saturated rings. The molecular weight excluding hydrogens is 1100 g/mol. The van der Waals surface area contributed by atoms with Gasteiger partial charge in [0, 0.05) is 48.3 Å². The molecular formula is C53H83N17O12S. The molecule has 0 bridgehead atoms. The molecule has 458 valence electrons. The van der Waals surface area contributed by atoms with Crippen molar-refractivity contribution in [1.29, 1.82) is 0 Å². The van der Waals surface area contributed by atoms with Gasteiger partial charge in [-0.05, 0) is 81.0 Å². The van der Waals surface area contributed by atoms with Crippen LogP contribution in [0, 0.1) is 11.8 Å². The quantitative estimate of drug-likeness (QED) is 0.0245. The molecule has 29 nitrogen and oxygen atoms in total. The number of nitrogens with one attached hydrogen (secondary N) is 11. The van der Waals surface area contributed by atoms with E-state index in [0.717, 1.165) is 0 Å². The van der Waals surface area contributed by atoms with Crippen LogP contribution in [0.2, 0.25) is 0 Å². The normalized spacial score (nSPS) is 14.5. The molecule has 3 aromatic rings. The number of hydrogen-bond acceptors (Lipinski definition) is 16. The minimum Gasteiger partial charge on any atom is -0.370 e. The number of imidazole rings is 1. The molecule has 0 spiro atoms. The minimum absolute atomic E-state index is 0.0963. The number of amides is 12. The van der Waals surface area contributed by atoms with Crippen LogP contribution in [-0.4, -0.2) is 165 Å². The molecule has 3 rings (SSSR count). The third-order valence-electron chi connectivity index (χ3n) is 13.1. The first-order valence-electron chi connectivity index (χ1n) is 27.3. The SMILES string of the molecule is CSCC[C@H](NC(=O)[C@H](CC(C)C)NC(=O)[C@H](Cc1cnc[nH]1)NC(=O)CNC(=O)[C@@H](NC(=O)[C@H](C)NC(=O)[C@H](Cc1c[nH]c2ccccc12)NC(=O)[C@H](CCC(N)=O)NC(=O)[C@H](CC(N)=O)NC(=O)[C@@H](N)CCCCN)C(C)C)C(N)=O. The van der Waals surface area contributed by atoms with E-state index in [1.54, 1.807) is 44.3 Å². The molecule has 0 saturated heterocycles. The number of nitrogens with two attached hydrogens (primary N) is 5. The van der Waals surface area contributed by atoms with Crippen LogP contribution < -0.4 is 76.5 Å². The number of carbonyl (C=O) groups excluding carboxylic acids is 12. The highest BCUT2D eigenvalue weighted by atomic mass is 32.2. The fourth-order valence-corrected chi connectivity index (χ4v) is 8.94. The van der Waals surface area contributed by atoms with Gasteiger partial charge in [-0.1, -0.05) is 52.3 Å². The highest BCUT2D eigenvalue weighted by Gasteiger charge is 2.35. The zero-order valence-corrected chi connectivity index (χ0v) is 48.5. The predicted octanol–water partition coefficient (Wildman–Crippen LogP) is -3.77. The number of aromatic nitrogens is 3. The van der Waals surface area contributed by atoms with E-state index in [2.05, 4.69) is 62.8 Å². The fraction of sp³-hybridized carbons (Fsp3) is 0.566. The van der Waals surface area contributed by atoms with Crippen LogP contribution >= 0.6 is 11.8 Å². The van der Waals surface area contributed by atoms with Crippen LogP contribution in [0.25, 0.3) is 10.9 Å². The van der Waals surface area contributed by atoms with Crippen molar-refractivity contribution < 1.29 is 57.5 Å². The first-order valence-corrected chi connectivity index (χ1v) is 28.7. The Balaban J connectivity index is 1.80. The number of fused-ring (bicyclic) bond motifs is 1. The summed E-state index contributed by atoms with van der Waals surface area (Å²) >= 11 is 1.46. The number of nitrogens with zero attached hydrogens (tertiary/aromatic N) is 1. The van der Waals surface area contributed by atoms with Crippen LogP contribution in [0.4, 0.5) is 0 Å². The highest BCUT2D eigenvalue weighted by Crippen LogP contribution is 2.20. The van der Waals surface area contributed by atoms with Crippen LogP contribution in [0.1, 0.15) is 97.2 Å². The number of benzene rings is 1. The molecule has 0 unspecified atom stereocenters. The summed E-state index contributed by atoms with van der Waals surface area (Å²) in [6.45, 7) is 7.88. The molecule has 30 heteroatoms. The van der Waals surface area contributed by atoms with Crippen LogP contribution in [-0.2, 0) is 70.4 Å². The summed E-state index contributed by atoms with van der Waals surface area (Å²) in [6, 6.07) is -4.79. The van der Waals surface area contributed by atoms with Gasteiger partial charge in [0.15, 0.2) is 0 Å². The number of aromatic amines is 2. The van der Waals surface area contributed by atoms with Gasteiger partial charge >= 0.3 is 0 Å². The van der Waals surface area contributed by atoms with E-state index in [1.807, 2.05) is 20.1 Å². The van der Waals surface area contributed by atoms with E-state index in [4.69, 9.17) is 28.7 Å². The molecule has 2 heterocycles. The molecule has 83 heavy (non-hydrogen) atoms. The number of carbonyl (C=O) groups is 12. The van der Waals surface area contributed by atoms with Gasteiger partial charge in [-0.2, -0.15) is 11.8 Å². The lowest BCUT2D eigenvalue weighted by molar-refractivity contribution is -0.136. The Labute approximate surface area is 485 Å². The molecule has 9 atom stereocenters. The van der Waals surface area contributed by atoms with Crippen molar-refractivity contribution in [2.24, 2.45) is 40.5 Å². The van der Waals surface area contributed by atoms with Crippen molar-refractivity contribution in [3.63, 3.8) is 0 Å². The van der Waals surface area contributed by atoms with Gasteiger partial charge in [0.1, 0.15) is 48.3 Å². The Kier molecular flexibility index (Phi) is 29.2. The molecule has 0 aliphatic carbocycles. The summed E-state index contributed by atoms with van der Waals surface area (Å²) in [5.41, 5.74) is 29.6. The second-order valence-corrected chi connectivity index (χ2v) is 21.8. The van der Waals surface area contributed by atoms with Gasteiger partial charge in [-0.3, -0.25) is 57.5 Å². The molecule has 12 amide bonds. The first-order chi connectivity index (χ1) is 39.2. The zero-order chi connectivity index (χ0) is 61.9. The van der Waals surface area contributed by atoms with Gasteiger partial charge in [0.2, 0.25) is 70.9 Å². The Morgan fingerprint density at radius 2 is 1.22 bits per heavy atom. The fourth-order valence-electron chi connectivity index (χ4n) is 8.47. The number of rotatable bonds is 38. The van der Waals surface area contributed by atoms with Crippen molar-refractivity contribution in [3.05, 3.63) is 54.2 Å². The predicted molar refractivity (Wildman–Crippen MR) is 308 cm³/mol. The van der Waals surface area contributed by atoms with Gasteiger partial charge < -0.3 is 86.5 Å². The summed E-state index contributed by atoms with van der Waals surface area (Å²) in [6.07, 6.45) is 6.12. The lowest BCUT2D eigenvalue weighted by atomic mass is 10.0. The van der Waals surface area contributed by atoms with Gasteiger partial charge in [0.05, 0.1) is 25.3 Å². The largest absolute Gasteiger partial charge is 0.370 e. The summed E-state index contributed by atoms with van der Waals surface area (Å²) in [4.78, 5) is 170. The molecule has 0 saturated carbocycles. The van der Waals surface area contributed by atoms with Crippen molar-refractivity contribution in [3.8, 4) is 0 Å². The number of H-pyrrole nitrogens is 2. The van der Waals surface area contributed by atoms with Gasteiger partial charge in [-0.25, -0.2) is 4.98 Å². The van der Waals surface area contributed by atoms with E-state index >= 15 is 0 Å². The third-order valence-corrected chi connectivity index (χ3v) is 13.7. The third kappa shape index (κ3) is 24.1. The standard InChI is InChI=1S/C53H83N17O12S/c1-27(2)19-37(50(79)65-35(45(58)74)16-18-83-6)68-51(80)39(21-31-24-59-26-62-31)64-43(73)25-61-53(82)44(28(3)4)70-46(75)29(5)63-49(78)38(20-30-23-60-34-13-8-7-11-32(30)34)69-48(77)36(14-15-41(56)71)66-52(81)40(22-42(57)72)67-47(76)33(55)12-9-10-17-54/h7-8,11,13,23-24,26-29,33,35-40,44,60H,9-10,12,14-22,25,54-55H2,1-6H3,(H2,56,71)(H2,57,72)(H2,58,74)(H,59,62)(H,61,82)(H,63,78)(H,64,73)(H,65,79)(H,66,81)(H,67,76)(H,68,80)(H,69,77)(H,70,75)/t29-,33-,35-,36-,37-,38-,39-,40-,44-/m0/s1.